The molecule has 7 aromatic carbocycles. The normalized spacial score (nSPS) is 14.0. The van der Waals surface area contributed by atoms with E-state index in [2.05, 4.69) is 169 Å². The molecule has 0 bridgehead atoms. The molecule has 0 saturated carbocycles. The molecular formula is C52H44N2O. The number of aryl methyl sites for hydroxylation is 3. The maximum atomic E-state index is 6.79. The predicted molar refractivity (Wildman–Crippen MR) is 234 cm³/mol. The summed E-state index contributed by atoms with van der Waals surface area (Å²) in [6.45, 7) is 2.21. The number of nitrogens with zero attached hydrogens (tertiary/aromatic N) is 1. The average Bonchev–Trinajstić information content (AvgIpc) is 3.62. The summed E-state index contributed by atoms with van der Waals surface area (Å²) < 4.78 is 6.79. The molecule has 55 heavy (non-hydrogen) atoms. The van der Waals surface area contributed by atoms with E-state index in [1.54, 1.807) is 0 Å². The van der Waals surface area contributed by atoms with Crippen LogP contribution in [0.15, 0.2) is 156 Å². The smallest absolute Gasteiger partial charge is 0.137 e. The SMILES string of the molecule is CNc1c(-c2c(C)ccc3oc4cc(N(c5ccc(-c6ccc7c(c6)CCCC7)cc5)c5ccccc5C5=CC=CCC5)ccc4c23)ccc2ccccc12. The van der Waals surface area contributed by atoms with Crippen molar-refractivity contribution >= 4 is 61.0 Å². The lowest BCUT2D eigenvalue weighted by molar-refractivity contribution is 0.669. The molecule has 10 rings (SSSR count). The van der Waals surface area contributed by atoms with Crippen LogP contribution in [0.2, 0.25) is 0 Å². The third-order valence-electron chi connectivity index (χ3n) is 11.8. The number of rotatable bonds is 7. The summed E-state index contributed by atoms with van der Waals surface area (Å²) >= 11 is 0. The number of nitrogens with one attached hydrogen (secondary N) is 1. The summed E-state index contributed by atoms with van der Waals surface area (Å²) in [7, 11) is 2.02. The Bertz CT molecular complexity index is 2820. The molecule has 2 aliphatic rings. The lowest BCUT2D eigenvalue weighted by Gasteiger charge is -2.29. The molecule has 268 valence electrons. The quantitative estimate of drug-likeness (QED) is 0.178. The van der Waals surface area contributed by atoms with Crippen LogP contribution in [0.5, 0.6) is 0 Å². The van der Waals surface area contributed by atoms with Crippen molar-refractivity contribution in [3.63, 3.8) is 0 Å². The number of benzene rings is 7. The summed E-state index contributed by atoms with van der Waals surface area (Å²) in [5, 5.41) is 8.24. The van der Waals surface area contributed by atoms with Crippen molar-refractivity contribution in [3.8, 4) is 22.3 Å². The van der Waals surface area contributed by atoms with Crippen molar-refractivity contribution in [3.05, 3.63) is 174 Å². The van der Waals surface area contributed by atoms with Gasteiger partial charge in [0.25, 0.3) is 0 Å². The summed E-state index contributed by atoms with van der Waals surface area (Å²) in [6, 6.07) is 49.2. The highest BCUT2D eigenvalue weighted by molar-refractivity contribution is 6.16. The van der Waals surface area contributed by atoms with Gasteiger partial charge >= 0.3 is 0 Å². The molecule has 1 aromatic heterocycles. The fourth-order valence-corrected chi connectivity index (χ4v) is 9.11. The minimum absolute atomic E-state index is 0.874. The molecule has 8 aromatic rings. The second-order valence-electron chi connectivity index (χ2n) is 15.1. The second kappa shape index (κ2) is 13.8. The molecule has 3 nitrogen and oxygen atoms in total. The highest BCUT2D eigenvalue weighted by atomic mass is 16.3. The van der Waals surface area contributed by atoms with Gasteiger partial charge in [-0.15, -0.1) is 0 Å². The van der Waals surface area contributed by atoms with E-state index in [4.69, 9.17) is 4.42 Å². The monoisotopic (exact) mass is 712 g/mol. The van der Waals surface area contributed by atoms with E-state index < -0.39 is 0 Å². The van der Waals surface area contributed by atoms with Crippen molar-refractivity contribution in [1.29, 1.82) is 0 Å². The van der Waals surface area contributed by atoms with Crippen LogP contribution in [0.1, 0.15) is 47.9 Å². The average molecular weight is 713 g/mol. The van der Waals surface area contributed by atoms with Crippen LogP contribution in [-0.2, 0) is 12.8 Å². The molecule has 2 aliphatic carbocycles. The zero-order chi connectivity index (χ0) is 36.9. The van der Waals surface area contributed by atoms with Gasteiger partial charge in [-0.3, -0.25) is 0 Å². The van der Waals surface area contributed by atoms with E-state index in [0.29, 0.717) is 0 Å². The topological polar surface area (TPSA) is 28.4 Å². The first-order chi connectivity index (χ1) is 27.1. The second-order valence-corrected chi connectivity index (χ2v) is 15.1. The number of hydrogen-bond donors (Lipinski definition) is 1. The van der Waals surface area contributed by atoms with E-state index in [0.717, 1.165) is 57.5 Å². The Labute approximate surface area is 323 Å². The Balaban J connectivity index is 1.13. The van der Waals surface area contributed by atoms with Gasteiger partial charge in [-0.1, -0.05) is 109 Å². The Hall–Kier alpha value is -6.32. The van der Waals surface area contributed by atoms with Gasteiger partial charge in [-0.25, -0.2) is 0 Å². The third-order valence-corrected chi connectivity index (χ3v) is 11.8. The summed E-state index contributed by atoms with van der Waals surface area (Å²) in [5.41, 5.74) is 18.0. The molecule has 0 atom stereocenters. The van der Waals surface area contributed by atoms with Crippen LogP contribution in [0.25, 0.3) is 60.5 Å². The van der Waals surface area contributed by atoms with Crippen molar-refractivity contribution in [1.82, 2.24) is 0 Å². The van der Waals surface area contributed by atoms with Crippen LogP contribution in [0.4, 0.5) is 22.7 Å². The van der Waals surface area contributed by atoms with Crippen LogP contribution in [0.3, 0.4) is 0 Å². The molecule has 1 heterocycles. The third kappa shape index (κ3) is 5.83. The molecule has 0 radical (unpaired) electrons. The van der Waals surface area contributed by atoms with E-state index in [1.165, 1.54) is 86.5 Å². The minimum atomic E-state index is 0.874. The molecule has 0 spiro atoms. The summed E-state index contributed by atoms with van der Waals surface area (Å²) in [6.07, 6.45) is 13.8. The van der Waals surface area contributed by atoms with Crippen LogP contribution < -0.4 is 10.2 Å². The first kappa shape index (κ1) is 33.3. The molecule has 0 saturated heterocycles. The maximum absolute atomic E-state index is 6.79. The number of hydrogen-bond acceptors (Lipinski definition) is 3. The minimum Gasteiger partial charge on any atom is -0.456 e. The predicted octanol–water partition coefficient (Wildman–Crippen LogP) is 14.5. The molecule has 3 heteroatoms. The van der Waals surface area contributed by atoms with Gasteiger partial charge < -0.3 is 14.6 Å². The van der Waals surface area contributed by atoms with Gasteiger partial charge in [0.15, 0.2) is 0 Å². The lowest BCUT2D eigenvalue weighted by atomic mass is 9.89. The fraction of sp³-hybridized carbons (Fsp3) is 0.154. The molecule has 1 N–H and O–H groups in total. The van der Waals surface area contributed by atoms with Crippen molar-refractivity contribution in [2.75, 3.05) is 17.3 Å². The number of para-hydroxylation sites is 1. The molecule has 0 unspecified atom stereocenters. The van der Waals surface area contributed by atoms with E-state index >= 15 is 0 Å². The number of fused-ring (bicyclic) bond motifs is 5. The standard InChI is InChI=1S/C52H44N2O/c1-34-20-31-48-51(50(34)46-29-25-38-15-8-9-18-44(38)52(46)53-2)45-30-28-42(33-49(45)55-48)54(47-19-11-10-17-43(47)37-13-4-3-5-14-37)41-26-23-36(24-27-41)40-22-21-35-12-6-7-16-39(35)32-40/h3-4,8-11,13,15,17-33,53H,5-7,12,14,16H2,1-2H3. The Morgan fingerprint density at radius 1 is 0.618 bits per heavy atom. The molecule has 0 amide bonds. The van der Waals surface area contributed by atoms with Gasteiger partial charge in [-0.2, -0.15) is 0 Å². The van der Waals surface area contributed by atoms with E-state index in [-0.39, 0.29) is 0 Å². The van der Waals surface area contributed by atoms with Gasteiger partial charge in [0.05, 0.1) is 5.69 Å². The van der Waals surface area contributed by atoms with Gasteiger partial charge in [0.1, 0.15) is 11.2 Å². The first-order valence-corrected chi connectivity index (χ1v) is 19.8. The summed E-state index contributed by atoms with van der Waals surface area (Å²) in [5.74, 6) is 0. The highest BCUT2D eigenvalue weighted by Crippen LogP contribution is 2.46. The highest BCUT2D eigenvalue weighted by Gasteiger charge is 2.22. The zero-order valence-corrected chi connectivity index (χ0v) is 31.5. The fourth-order valence-electron chi connectivity index (χ4n) is 9.11. The van der Waals surface area contributed by atoms with Crippen LogP contribution in [0, 0.1) is 6.92 Å². The molecule has 0 fully saturated rings. The first-order valence-electron chi connectivity index (χ1n) is 19.8. The van der Waals surface area contributed by atoms with E-state index in [1.807, 2.05) is 7.05 Å². The maximum Gasteiger partial charge on any atom is 0.137 e. The van der Waals surface area contributed by atoms with E-state index in [9.17, 15) is 0 Å². The number of anilines is 4. The lowest BCUT2D eigenvalue weighted by Crippen LogP contribution is -2.12. The Morgan fingerprint density at radius 3 is 2.27 bits per heavy atom. The van der Waals surface area contributed by atoms with Gasteiger partial charge in [0, 0.05) is 57.5 Å². The Kier molecular flexibility index (Phi) is 8.36. The van der Waals surface area contributed by atoms with Crippen molar-refractivity contribution < 1.29 is 4.42 Å². The van der Waals surface area contributed by atoms with Gasteiger partial charge in [0.2, 0.25) is 0 Å². The zero-order valence-electron chi connectivity index (χ0n) is 31.5. The van der Waals surface area contributed by atoms with Crippen molar-refractivity contribution in [2.24, 2.45) is 0 Å². The van der Waals surface area contributed by atoms with Crippen molar-refractivity contribution in [2.45, 2.75) is 45.4 Å². The molecular weight excluding hydrogens is 669 g/mol. The van der Waals surface area contributed by atoms with Gasteiger partial charge in [-0.05, 0) is 126 Å². The van der Waals surface area contributed by atoms with Crippen LogP contribution in [-0.4, -0.2) is 7.05 Å². The Morgan fingerprint density at radius 2 is 1.42 bits per heavy atom. The van der Waals surface area contributed by atoms with Crippen LogP contribution >= 0.6 is 0 Å². The number of allylic oxidation sites excluding steroid dienone is 4. The largest absolute Gasteiger partial charge is 0.456 e. The number of furan rings is 1. The summed E-state index contributed by atoms with van der Waals surface area (Å²) in [4.78, 5) is 2.41. The molecule has 0 aliphatic heterocycles.